The van der Waals surface area contributed by atoms with Crippen LogP contribution in [0.5, 0.6) is 0 Å². The minimum Gasteiger partial charge on any atom is -0.370 e. The van der Waals surface area contributed by atoms with E-state index in [2.05, 4.69) is 52.1 Å². The van der Waals surface area contributed by atoms with Crippen LogP contribution >= 0.6 is 0 Å². The van der Waals surface area contributed by atoms with Gasteiger partial charge in [0.1, 0.15) is 0 Å². The van der Waals surface area contributed by atoms with Gasteiger partial charge in [-0.3, -0.25) is 4.90 Å². The second-order valence-electron chi connectivity index (χ2n) is 8.48. The van der Waals surface area contributed by atoms with Crippen molar-refractivity contribution in [3.63, 3.8) is 0 Å². The summed E-state index contributed by atoms with van der Waals surface area (Å²) in [5.74, 6) is 0. The maximum Gasteiger partial charge on any atom is 0.321 e. The smallest absolute Gasteiger partial charge is 0.321 e. The first-order valence-corrected chi connectivity index (χ1v) is 11.0. The van der Waals surface area contributed by atoms with Crippen LogP contribution in [0.15, 0.2) is 18.2 Å². The maximum absolute atomic E-state index is 12.6. The predicted molar refractivity (Wildman–Crippen MR) is 115 cm³/mol. The van der Waals surface area contributed by atoms with Crippen LogP contribution in [0.1, 0.15) is 31.7 Å². The molecule has 6 nitrogen and oxygen atoms in total. The summed E-state index contributed by atoms with van der Waals surface area (Å²) in [5.41, 5.74) is 3.36. The first kappa shape index (κ1) is 19.5. The molecule has 0 spiro atoms. The molecule has 1 unspecified atom stereocenters. The van der Waals surface area contributed by atoms with Crippen molar-refractivity contribution in [3.8, 4) is 0 Å². The van der Waals surface area contributed by atoms with E-state index in [1.54, 1.807) is 0 Å². The molecule has 0 bridgehead atoms. The second kappa shape index (κ2) is 8.70. The number of hydrogen-bond donors (Lipinski definition) is 1. The van der Waals surface area contributed by atoms with Gasteiger partial charge in [-0.15, -0.1) is 0 Å². The third-order valence-corrected chi connectivity index (χ3v) is 6.74. The van der Waals surface area contributed by atoms with Crippen LogP contribution in [0.3, 0.4) is 0 Å². The van der Waals surface area contributed by atoms with E-state index in [0.717, 1.165) is 57.1 Å². The highest BCUT2D eigenvalue weighted by molar-refractivity contribution is 5.90. The molecule has 1 aromatic carbocycles. The van der Waals surface area contributed by atoms with Crippen LogP contribution in [0, 0.1) is 6.92 Å². The Morgan fingerprint density at radius 1 is 1.07 bits per heavy atom. The zero-order valence-electron chi connectivity index (χ0n) is 17.5. The van der Waals surface area contributed by atoms with Crippen LogP contribution < -0.4 is 10.2 Å². The fourth-order valence-corrected chi connectivity index (χ4v) is 4.83. The summed E-state index contributed by atoms with van der Waals surface area (Å²) in [6.07, 6.45) is 3.98. The molecule has 3 fully saturated rings. The number of nitrogens with zero attached hydrogens (tertiary/aromatic N) is 4. The largest absolute Gasteiger partial charge is 0.370 e. The molecule has 1 atom stereocenters. The lowest BCUT2D eigenvalue weighted by atomic mass is 10.1. The molecule has 3 saturated heterocycles. The number of urea groups is 1. The van der Waals surface area contributed by atoms with E-state index < -0.39 is 0 Å². The molecule has 3 heterocycles. The Hall–Kier alpha value is -1.79. The van der Waals surface area contributed by atoms with Gasteiger partial charge in [-0.25, -0.2) is 4.79 Å². The first-order chi connectivity index (χ1) is 13.6. The average Bonchev–Trinajstić information content (AvgIpc) is 3.41. The van der Waals surface area contributed by atoms with Crippen LogP contribution in [0.2, 0.25) is 0 Å². The third kappa shape index (κ3) is 4.28. The van der Waals surface area contributed by atoms with Crippen molar-refractivity contribution in [2.45, 2.75) is 39.2 Å². The summed E-state index contributed by atoms with van der Waals surface area (Å²) >= 11 is 0. The number of rotatable bonds is 4. The number of aryl methyl sites for hydroxylation is 1. The molecule has 1 aromatic rings. The van der Waals surface area contributed by atoms with E-state index in [-0.39, 0.29) is 6.03 Å². The first-order valence-electron chi connectivity index (χ1n) is 11.0. The quantitative estimate of drug-likeness (QED) is 0.865. The van der Waals surface area contributed by atoms with Crippen molar-refractivity contribution in [1.82, 2.24) is 14.7 Å². The van der Waals surface area contributed by atoms with Gasteiger partial charge in [0, 0.05) is 56.7 Å². The Kier molecular flexibility index (Phi) is 6.07. The molecular weight excluding hydrogens is 350 g/mol. The Morgan fingerprint density at radius 3 is 2.50 bits per heavy atom. The van der Waals surface area contributed by atoms with Gasteiger partial charge in [0.25, 0.3) is 0 Å². The highest BCUT2D eigenvalue weighted by Crippen LogP contribution is 2.28. The van der Waals surface area contributed by atoms with Crippen molar-refractivity contribution in [1.29, 1.82) is 0 Å². The predicted octanol–water partition coefficient (Wildman–Crippen LogP) is 2.84. The van der Waals surface area contributed by atoms with Gasteiger partial charge in [0.15, 0.2) is 0 Å². The Morgan fingerprint density at radius 2 is 1.82 bits per heavy atom. The zero-order chi connectivity index (χ0) is 19.5. The monoisotopic (exact) mass is 385 g/mol. The standard InChI is InChI=1S/C22H35N5O/c1-3-24-12-14-26(15-13-24)22(28)23-21-7-6-19(16-18(21)2)27-11-8-20(17-27)25-9-4-5-10-25/h6-7,16,20H,3-5,8-15,17H2,1-2H3,(H,23,28). The Labute approximate surface area is 169 Å². The molecule has 0 saturated carbocycles. The van der Waals surface area contributed by atoms with E-state index in [9.17, 15) is 4.79 Å². The molecule has 1 N–H and O–H groups in total. The summed E-state index contributed by atoms with van der Waals surface area (Å²) in [4.78, 5) is 22.1. The topological polar surface area (TPSA) is 42.1 Å². The van der Waals surface area contributed by atoms with Crippen molar-refractivity contribution in [2.75, 3.05) is 69.1 Å². The number of hydrogen-bond acceptors (Lipinski definition) is 4. The number of benzene rings is 1. The van der Waals surface area contributed by atoms with Gasteiger partial charge < -0.3 is 20.0 Å². The number of piperazine rings is 1. The minimum absolute atomic E-state index is 0.0295. The highest BCUT2D eigenvalue weighted by atomic mass is 16.2. The molecule has 3 aliphatic heterocycles. The van der Waals surface area contributed by atoms with Gasteiger partial charge in [-0.1, -0.05) is 6.92 Å². The van der Waals surface area contributed by atoms with E-state index in [1.165, 1.54) is 38.0 Å². The molecule has 4 rings (SSSR count). The highest BCUT2D eigenvalue weighted by Gasteiger charge is 2.29. The van der Waals surface area contributed by atoms with E-state index in [1.807, 2.05) is 4.90 Å². The summed E-state index contributed by atoms with van der Waals surface area (Å²) in [5, 5.41) is 3.13. The minimum atomic E-state index is 0.0295. The van der Waals surface area contributed by atoms with E-state index in [4.69, 9.17) is 0 Å². The van der Waals surface area contributed by atoms with Crippen molar-refractivity contribution in [3.05, 3.63) is 23.8 Å². The van der Waals surface area contributed by atoms with Gasteiger partial charge in [0.2, 0.25) is 0 Å². The lowest BCUT2D eigenvalue weighted by Gasteiger charge is -2.34. The summed E-state index contributed by atoms with van der Waals surface area (Å²) < 4.78 is 0. The third-order valence-electron chi connectivity index (χ3n) is 6.74. The lowest BCUT2D eigenvalue weighted by Crippen LogP contribution is -2.49. The van der Waals surface area contributed by atoms with Crippen LogP contribution in [-0.2, 0) is 0 Å². The van der Waals surface area contributed by atoms with Crippen molar-refractivity contribution >= 4 is 17.4 Å². The number of likely N-dealkylation sites (tertiary alicyclic amines) is 1. The number of likely N-dealkylation sites (N-methyl/N-ethyl adjacent to an activating group) is 1. The number of amides is 2. The number of anilines is 2. The molecule has 0 radical (unpaired) electrons. The fourth-order valence-electron chi connectivity index (χ4n) is 4.83. The SMILES string of the molecule is CCN1CCN(C(=O)Nc2ccc(N3CCC(N4CCCC4)C3)cc2C)CC1. The molecule has 0 aliphatic carbocycles. The number of carbonyl (C=O) groups is 1. The Balaban J connectivity index is 1.33. The molecule has 0 aromatic heterocycles. The molecule has 3 aliphatic rings. The number of nitrogens with one attached hydrogen (secondary N) is 1. The molecular formula is C22H35N5O. The lowest BCUT2D eigenvalue weighted by molar-refractivity contribution is 0.151. The molecule has 154 valence electrons. The summed E-state index contributed by atoms with van der Waals surface area (Å²) in [6.45, 7) is 13.7. The maximum atomic E-state index is 12.6. The van der Waals surface area contributed by atoms with Crippen LogP contribution in [0.4, 0.5) is 16.2 Å². The summed E-state index contributed by atoms with van der Waals surface area (Å²) in [7, 11) is 0. The average molecular weight is 386 g/mol. The van der Waals surface area contributed by atoms with Crippen molar-refractivity contribution < 1.29 is 4.79 Å². The molecule has 6 heteroatoms. The normalized spacial score (nSPS) is 24.1. The van der Waals surface area contributed by atoms with E-state index in [0.29, 0.717) is 6.04 Å². The Bertz CT molecular complexity index is 680. The van der Waals surface area contributed by atoms with Crippen LogP contribution in [0.25, 0.3) is 0 Å². The van der Waals surface area contributed by atoms with Gasteiger partial charge in [-0.2, -0.15) is 0 Å². The zero-order valence-corrected chi connectivity index (χ0v) is 17.5. The van der Waals surface area contributed by atoms with Gasteiger partial charge in [-0.05, 0) is 69.6 Å². The molecule has 28 heavy (non-hydrogen) atoms. The second-order valence-corrected chi connectivity index (χ2v) is 8.48. The van der Waals surface area contributed by atoms with E-state index >= 15 is 0 Å². The van der Waals surface area contributed by atoms with Gasteiger partial charge >= 0.3 is 6.03 Å². The van der Waals surface area contributed by atoms with Crippen LogP contribution in [-0.4, -0.2) is 85.7 Å². The van der Waals surface area contributed by atoms with Gasteiger partial charge in [0.05, 0.1) is 0 Å². The number of carbonyl (C=O) groups excluding carboxylic acids is 1. The summed E-state index contributed by atoms with van der Waals surface area (Å²) in [6, 6.07) is 7.22. The fraction of sp³-hybridized carbons (Fsp3) is 0.682. The molecule has 2 amide bonds. The van der Waals surface area contributed by atoms with Crippen molar-refractivity contribution in [2.24, 2.45) is 0 Å².